The Morgan fingerprint density at radius 1 is 0.321 bits per heavy atom. The Bertz CT molecular complexity index is 2930. The van der Waals surface area contributed by atoms with Crippen LogP contribution in [0.4, 0.5) is 0 Å². The molecule has 0 atom stereocenters. The molecule has 0 radical (unpaired) electrons. The average molecular weight is 694 g/mol. The fourth-order valence-corrected chi connectivity index (χ4v) is 8.55. The molecule has 2 heterocycles. The Morgan fingerprint density at radius 2 is 0.868 bits per heavy atom. The van der Waals surface area contributed by atoms with Gasteiger partial charge in [0, 0.05) is 36.9 Å². The maximum atomic E-state index is 5.22. The minimum atomic E-state index is 0.646. The summed E-state index contributed by atoms with van der Waals surface area (Å²) in [6, 6.07) is 66.3. The molecule has 53 heavy (non-hydrogen) atoms. The number of aromatic nitrogens is 3. The lowest BCUT2D eigenvalue weighted by Crippen LogP contribution is -2.00. The van der Waals surface area contributed by atoms with E-state index in [1.54, 1.807) is 0 Å². The third-order valence-electron chi connectivity index (χ3n) is 9.94. The van der Waals surface area contributed by atoms with Gasteiger partial charge in [0.1, 0.15) is 0 Å². The van der Waals surface area contributed by atoms with Crippen molar-refractivity contribution in [2.24, 2.45) is 0 Å². The standard InChI is InChI=1S/C49H31N3S/c1-3-12-32(13-4-1)35-24-27-36(28-25-35)47-50-48(40-29-26-34-16-7-8-17-37(34)31-40)52-49(51-47)43-22-11-23-44-45(43)42-21-10-20-41(46(42)53-44)39-19-9-18-38(30-39)33-14-5-2-6-15-33/h1-31H. The van der Waals surface area contributed by atoms with Crippen LogP contribution in [0.5, 0.6) is 0 Å². The third-order valence-corrected chi connectivity index (χ3v) is 11.1. The minimum Gasteiger partial charge on any atom is -0.208 e. The first-order valence-electron chi connectivity index (χ1n) is 17.8. The maximum Gasteiger partial charge on any atom is 0.164 e. The normalized spacial score (nSPS) is 11.4. The zero-order chi connectivity index (χ0) is 35.1. The van der Waals surface area contributed by atoms with Crippen molar-refractivity contribution in [1.29, 1.82) is 0 Å². The summed E-state index contributed by atoms with van der Waals surface area (Å²) in [6.45, 7) is 0. The number of fused-ring (bicyclic) bond motifs is 4. The van der Waals surface area contributed by atoms with Crippen LogP contribution in [0, 0.1) is 0 Å². The van der Waals surface area contributed by atoms with E-state index < -0.39 is 0 Å². The number of thiophene rings is 1. The van der Waals surface area contributed by atoms with Crippen LogP contribution < -0.4 is 0 Å². The van der Waals surface area contributed by atoms with Crippen LogP contribution in [0.15, 0.2) is 188 Å². The number of benzene rings is 8. The van der Waals surface area contributed by atoms with E-state index in [-0.39, 0.29) is 0 Å². The first-order chi connectivity index (χ1) is 26.2. The van der Waals surface area contributed by atoms with Crippen LogP contribution in [0.1, 0.15) is 0 Å². The van der Waals surface area contributed by atoms with Crippen molar-refractivity contribution in [3.05, 3.63) is 188 Å². The van der Waals surface area contributed by atoms with Gasteiger partial charge in [0.15, 0.2) is 17.5 Å². The number of rotatable bonds is 6. The molecule has 0 saturated carbocycles. The Morgan fingerprint density at radius 3 is 1.66 bits per heavy atom. The molecule has 10 aromatic rings. The largest absolute Gasteiger partial charge is 0.208 e. The summed E-state index contributed by atoms with van der Waals surface area (Å²) >= 11 is 1.82. The molecule has 0 saturated heterocycles. The second-order valence-electron chi connectivity index (χ2n) is 13.2. The quantitative estimate of drug-likeness (QED) is 0.174. The Labute approximate surface area is 311 Å². The van der Waals surface area contributed by atoms with Crippen LogP contribution in [-0.2, 0) is 0 Å². The highest BCUT2D eigenvalue weighted by molar-refractivity contribution is 7.26. The van der Waals surface area contributed by atoms with Crippen LogP contribution >= 0.6 is 11.3 Å². The van der Waals surface area contributed by atoms with Gasteiger partial charge < -0.3 is 0 Å². The summed E-state index contributed by atoms with van der Waals surface area (Å²) in [5.74, 6) is 1.96. The molecule has 8 aromatic carbocycles. The second kappa shape index (κ2) is 13.1. The lowest BCUT2D eigenvalue weighted by Gasteiger charge is -2.11. The van der Waals surface area contributed by atoms with Gasteiger partial charge in [-0.3, -0.25) is 0 Å². The summed E-state index contributed by atoms with van der Waals surface area (Å²) in [5.41, 5.74) is 10.1. The smallest absolute Gasteiger partial charge is 0.164 e. The Balaban J connectivity index is 1.15. The molecule has 248 valence electrons. The number of nitrogens with zero attached hydrogens (tertiary/aromatic N) is 3. The van der Waals surface area contributed by atoms with Crippen molar-refractivity contribution >= 4 is 42.3 Å². The first kappa shape index (κ1) is 31.0. The Kier molecular flexibility index (Phi) is 7.67. The lowest BCUT2D eigenvalue weighted by atomic mass is 9.97. The fourth-order valence-electron chi connectivity index (χ4n) is 7.28. The molecule has 0 aliphatic carbocycles. The van der Waals surface area contributed by atoms with Crippen molar-refractivity contribution in [1.82, 2.24) is 15.0 Å². The predicted octanol–water partition coefficient (Wildman–Crippen LogP) is 13.4. The van der Waals surface area contributed by atoms with E-state index >= 15 is 0 Å². The summed E-state index contributed by atoms with van der Waals surface area (Å²) in [7, 11) is 0. The lowest BCUT2D eigenvalue weighted by molar-refractivity contribution is 1.08. The highest BCUT2D eigenvalue weighted by Gasteiger charge is 2.19. The van der Waals surface area contributed by atoms with Gasteiger partial charge >= 0.3 is 0 Å². The zero-order valence-corrected chi connectivity index (χ0v) is 29.5. The van der Waals surface area contributed by atoms with Crippen LogP contribution in [0.2, 0.25) is 0 Å². The molecule has 0 fully saturated rings. The molecular formula is C49H31N3S. The SMILES string of the molecule is c1ccc(-c2ccc(-c3nc(-c4ccc5ccccc5c4)nc(-c4cccc5sc6c(-c7cccc(-c8ccccc8)c7)cccc6c45)n3)cc2)cc1. The van der Waals surface area contributed by atoms with E-state index in [1.165, 1.54) is 48.0 Å². The van der Waals surface area contributed by atoms with Crippen molar-refractivity contribution in [3.63, 3.8) is 0 Å². The Hall–Kier alpha value is -6.75. The number of hydrogen-bond acceptors (Lipinski definition) is 4. The van der Waals surface area contributed by atoms with Gasteiger partial charge in [-0.2, -0.15) is 0 Å². The molecule has 0 amide bonds. The minimum absolute atomic E-state index is 0.646. The molecule has 0 spiro atoms. The van der Waals surface area contributed by atoms with Crippen molar-refractivity contribution in [2.75, 3.05) is 0 Å². The van der Waals surface area contributed by atoms with Crippen molar-refractivity contribution < 1.29 is 0 Å². The highest BCUT2D eigenvalue weighted by Crippen LogP contribution is 2.44. The zero-order valence-electron chi connectivity index (χ0n) is 28.6. The van der Waals surface area contributed by atoms with E-state index in [0.29, 0.717) is 17.5 Å². The van der Waals surface area contributed by atoms with Gasteiger partial charge in [-0.25, -0.2) is 15.0 Å². The predicted molar refractivity (Wildman–Crippen MR) is 223 cm³/mol. The molecule has 0 aliphatic heterocycles. The maximum absolute atomic E-state index is 5.22. The van der Waals surface area contributed by atoms with E-state index in [2.05, 4.69) is 182 Å². The summed E-state index contributed by atoms with van der Waals surface area (Å²) < 4.78 is 2.45. The van der Waals surface area contributed by atoms with Gasteiger partial charge in [-0.05, 0) is 62.4 Å². The highest BCUT2D eigenvalue weighted by atomic mass is 32.1. The first-order valence-corrected chi connectivity index (χ1v) is 18.6. The summed E-state index contributed by atoms with van der Waals surface area (Å²) in [4.78, 5) is 15.5. The molecule has 3 nitrogen and oxygen atoms in total. The van der Waals surface area contributed by atoms with Crippen molar-refractivity contribution in [2.45, 2.75) is 0 Å². The van der Waals surface area contributed by atoms with Gasteiger partial charge in [0.05, 0.1) is 0 Å². The molecule has 0 unspecified atom stereocenters. The summed E-state index contributed by atoms with van der Waals surface area (Å²) in [6.07, 6.45) is 0. The number of hydrogen-bond donors (Lipinski definition) is 0. The molecule has 2 aromatic heterocycles. The average Bonchev–Trinajstić information content (AvgIpc) is 3.63. The molecule has 0 aliphatic rings. The van der Waals surface area contributed by atoms with E-state index in [9.17, 15) is 0 Å². The second-order valence-corrected chi connectivity index (χ2v) is 14.3. The van der Waals surface area contributed by atoms with E-state index in [1.807, 2.05) is 17.4 Å². The van der Waals surface area contributed by atoms with Gasteiger partial charge in [-0.1, -0.05) is 170 Å². The molecular weight excluding hydrogens is 663 g/mol. The monoisotopic (exact) mass is 693 g/mol. The van der Waals surface area contributed by atoms with Gasteiger partial charge in [0.25, 0.3) is 0 Å². The van der Waals surface area contributed by atoms with E-state index in [0.717, 1.165) is 33.0 Å². The topological polar surface area (TPSA) is 38.7 Å². The third kappa shape index (κ3) is 5.76. The van der Waals surface area contributed by atoms with Crippen molar-refractivity contribution in [3.8, 4) is 67.5 Å². The molecule has 0 bridgehead atoms. The van der Waals surface area contributed by atoms with Crippen LogP contribution in [0.25, 0.3) is 98.5 Å². The molecule has 0 N–H and O–H groups in total. The molecule has 10 rings (SSSR count). The fraction of sp³-hybridized carbons (Fsp3) is 0. The van der Waals surface area contributed by atoms with Gasteiger partial charge in [-0.15, -0.1) is 11.3 Å². The van der Waals surface area contributed by atoms with Crippen LogP contribution in [-0.4, -0.2) is 15.0 Å². The van der Waals surface area contributed by atoms with Gasteiger partial charge in [0.2, 0.25) is 0 Å². The van der Waals surface area contributed by atoms with E-state index in [4.69, 9.17) is 15.0 Å². The molecule has 4 heteroatoms. The summed E-state index contributed by atoms with van der Waals surface area (Å²) in [5, 5.41) is 4.69. The van der Waals surface area contributed by atoms with Crippen LogP contribution in [0.3, 0.4) is 0 Å².